The molecule has 2 unspecified atom stereocenters. The Hall–Kier alpha value is -0.540. The van der Waals surface area contributed by atoms with E-state index in [0.717, 1.165) is 12.2 Å². The van der Waals surface area contributed by atoms with Gasteiger partial charge in [-0.15, -0.1) is 0 Å². The van der Waals surface area contributed by atoms with Crippen molar-refractivity contribution < 1.29 is 0 Å². The maximum absolute atomic E-state index is 4.38. The van der Waals surface area contributed by atoms with Crippen molar-refractivity contribution in [2.45, 2.75) is 37.5 Å². The summed E-state index contributed by atoms with van der Waals surface area (Å²) in [4.78, 5) is 4.38. The summed E-state index contributed by atoms with van der Waals surface area (Å²) in [5.74, 6) is 1.32. The second-order valence-corrected chi connectivity index (χ2v) is 6.44. The third-order valence-electron chi connectivity index (χ3n) is 3.21. The van der Waals surface area contributed by atoms with Gasteiger partial charge in [0.15, 0.2) is 0 Å². The van der Waals surface area contributed by atoms with Gasteiger partial charge >= 0.3 is 0 Å². The van der Waals surface area contributed by atoms with Gasteiger partial charge in [-0.2, -0.15) is 11.8 Å². The first-order valence-corrected chi connectivity index (χ1v) is 6.96. The van der Waals surface area contributed by atoms with Gasteiger partial charge in [-0.3, -0.25) is 4.98 Å². The number of nitrogens with zero attached hydrogens (tertiary/aromatic N) is 1. The lowest BCUT2D eigenvalue weighted by atomic mass is 10.1. The molecule has 2 nitrogen and oxygen atoms in total. The Morgan fingerprint density at radius 3 is 3.06 bits per heavy atom. The molecule has 0 saturated carbocycles. The van der Waals surface area contributed by atoms with Crippen LogP contribution in [0.25, 0.3) is 0 Å². The summed E-state index contributed by atoms with van der Waals surface area (Å²) in [6, 6.07) is 6.44. The van der Waals surface area contributed by atoms with Gasteiger partial charge in [0.05, 0.1) is 5.69 Å². The zero-order chi connectivity index (χ0) is 11.4. The van der Waals surface area contributed by atoms with E-state index in [-0.39, 0.29) is 0 Å². The van der Waals surface area contributed by atoms with Gasteiger partial charge in [-0.25, -0.2) is 0 Å². The summed E-state index contributed by atoms with van der Waals surface area (Å²) in [6.45, 7) is 5.63. The Morgan fingerprint density at radius 2 is 2.44 bits per heavy atom. The van der Waals surface area contributed by atoms with Crippen LogP contribution in [0.1, 0.15) is 38.4 Å². The minimum Gasteiger partial charge on any atom is -0.307 e. The van der Waals surface area contributed by atoms with Crippen LogP contribution in [0.2, 0.25) is 0 Å². The third-order valence-corrected chi connectivity index (χ3v) is 4.75. The van der Waals surface area contributed by atoms with Crippen molar-refractivity contribution in [3.8, 4) is 0 Å². The van der Waals surface area contributed by atoms with E-state index >= 15 is 0 Å². The molecule has 1 saturated heterocycles. The molecule has 1 N–H and O–H groups in total. The first-order valence-electron chi connectivity index (χ1n) is 5.98. The van der Waals surface area contributed by atoms with Gasteiger partial charge in [0, 0.05) is 23.5 Å². The largest absolute Gasteiger partial charge is 0.307 e. The molecule has 1 aromatic heterocycles. The molecule has 1 aliphatic heterocycles. The normalized spacial score (nSPS) is 26.9. The summed E-state index contributed by atoms with van der Waals surface area (Å²) in [6.07, 6.45) is 4.56. The van der Waals surface area contributed by atoms with Crippen LogP contribution in [0.15, 0.2) is 24.4 Å². The van der Waals surface area contributed by atoms with E-state index in [2.05, 4.69) is 42.0 Å². The van der Waals surface area contributed by atoms with Crippen LogP contribution in [0.3, 0.4) is 0 Å². The number of pyridine rings is 1. The van der Waals surface area contributed by atoms with E-state index < -0.39 is 0 Å². The highest BCUT2D eigenvalue weighted by molar-refractivity contribution is 8.00. The van der Waals surface area contributed by atoms with E-state index in [9.17, 15) is 0 Å². The molecule has 0 amide bonds. The predicted octanol–water partition coefficient (Wildman–Crippen LogP) is 3.02. The number of hydrogen-bond donors (Lipinski definition) is 1. The maximum Gasteiger partial charge on any atom is 0.0570 e. The molecule has 1 aliphatic rings. The molecule has 1 fully saturated rings. The van der Waals surface area contributed by atoms with Gasteiger partial charge in [-0.1, -0.05) is 6.07 Å². The zero-order valence-corrected chi connectivity index (χ0v) is 10.9. The van der Waals surface area contributed by atoms with E-state index in [1.807, 2.05) is 18.3 Å². The fourth-order valence-electron chi connectivity index (χ4n) is 2.08. The first-order chi connectivity index (χ1) is 7.70. The summed E-state index contributed by atoms with van der Waals surface area (Å²) in [5, 5.41) is 3.60. The molecule has 0 spiro atoms. The van der Waals surface area contributed by atoms with E-state index in [0.29, 0.717) is 10.8 Å². The highest BCUT2D eigenvalue weighted by Gasteiger charge is 2.29. The smallest absolute Gasteiger partial charge is 0.0570 e. The van der Waals surface area contributed by atoms with Gasteiger partial charge in [0.2, 0.25) is 0 Å². The van der Waals surface area contributed by atoms with Crippen LogP contribution >= 0.6 is 11.8 Å². The van der Waals surface area contributed by atoms with Crippen molar-refractivity contribution in [2.24, 2.45) is 0 Å². The molecular formula is C13H20N2S. The van der Waals surface area contributed by atoms with Crippen molar-refractivity contribution in [3.05, 3.63) is 30.1 Å². The number of nitrogens with one attached hydrogen (secondary N) is 1. The Labute approximate surface area is 102 Å². The Balaban J connectivity index is 1.86. The third kappa shape index (κ3) is 2.98. The average molecular weight is 236 g/mol. The van der Waals surface area contributed by atoms with Crippen LogP contribution in [-0.2, 0) is 0 Å². The molecule has 16 heavy (non-hydrogen) atoms. The monoisotopic (exact) mass is 236 g/mol. The summed E-state index contributed by atoms with van der Waals surface area (Å²) in [7, 11) is 0. The van der Waals surface area contributed by atoms with Crippen molar-refractivity contribution in [2.75, 3.05) is 12.3 Å². The fourth-order valence-corrected chi connectivity index (χ4v) is 3.34. The van der Waals surface area contributed by atoms with Crippen molar-refractivity contribution in [1.29, 1.82) is 0 Å². The summed E-state index contributed by atoms with van der Waals surface area (Å²) >= 11 is 2.10. The average Bonchev–Trinajstić information content (AvgIpc) is 2.75. The molecule has 2 rings (SSSR count). The van der Waals surface area contributed by atoms with Crippen molar-refractivity contribution in [1.82, 2.24) is 10.3 Å². The molecule has 0 aromatic carbocycles. The van der Waals surface area contributed by atoms with Crippen LogP contribution in [0, 0.1) is 0 Å². The van der Waals surface area contributed by atoms with E-state index in [4.69, 9.17) is 0 Å². The number of aromatic nitrogens is 1. The molecular weight excluding hydrogens is 216 g/mol. The Kier molecular flexibility index (Phi) is 3.87. The standard InChI is InChI=1S/C13H20N2S/c1-11(12-6-3-4-8-14-12)15-10-13(2)7-5-9-16-13/h3-4,6,8,11,15H,5,7,9-10H2,1-2H3. The molecule has 2 atom stereocenters. The van der Waals surface area contributed by atoms with Crippen LogP contribution in [-0.4, -0.2) is 22.0 Å². The van der Waals surface area contributed by atoms with Gasteiger partial charge in [0.25, 0.3) is 0 Å². The quantitative estimate of drug-likeness (QED) is 0.870. The lowest BCUT2D eigenvalue weighted by molar-refractivity contribution is 0.484. The fraction of sp³-hybridized carbons (Fsp3) is 0.615. The van der Waals surface area contributed by atoms with Crippen molar-refractivity contribution in [3.63, 3.8) is 0 Å². The van der Waals surface area contributed by atoms with Crippen LogP contribution in [0.5, 0.6) is 0 Å². The highest BCUT2D eigenvalue weighted by Crippen LogP contribution is 2.37. The molecule has 88 valence electrons. The van der Waals surface area contributed by atoms with Gasteiger partial charge in [0.1, 0.15) is 0 Å². The second kappa shape index (κ2) is 5.19. The molecule has 1 aromatic rings. The lowest BCUT2D eigenvalue weighted by Crippen LogP contribution is -2.34. The predicted molar refractivity (Wildman–Crippen MR) is 70.8 cm³/mol. The number of rotatable bonds is 4. The van der Waals surface area contributed by atoms with E-state index in [1.165, 1.54) is 18.6 Å². The molecule has 0 radical (unpaired) electrons. The van der Waals surface area contributed by atoms with Crippen molar-refractivity contribution >= 4 is 11.8 Å². The highest BCUT2D eigenvalue weighted by atomic mass is 32.2. The number of hydrogen-bond acceptors (Lipinski definition) is 3. The van der Waals surface area contributed by atoms with Gasteiger partial charge < -0.3 is 5.32 Å². The SMILES string of the molecule is CC(NCC1(C)CCCS1)c1ccccn1. The maximum atomic E-state index is 4.38. The van der Waals surface area contributed by atoms with Crippen LogP contribution in [0.4, 0.5) is 0 Å². The molecule has 3 heteroatoms. The Morgan fingerprint density at radius 1 is 1.56 bits per heavy atom. The molecule has 0 aliphatic carbocycles. The lowest BCUT2D eigenvalue weighted by Gasteiger charge is -2.25. The van der Waals surface area contributed by atoms with E-state index in [1.54, 1.807) is 0 Å². The molecule has 0 bridgehead atoms. The Bertz CT molecular complexity index is 320. The summed E-state index contributed by atoms with van der Waals surface area (Å²) < 4.78 is 0.434. The summed E-state index contributed by atoms with van der Waals surface area (Å²) in [5.41, 5.74) is 1.13. The number of thioether (sulfide) groups is 1. The topological polar surface area (TPSA) is 24.9 Å². The minimum absolute atomic E-state index is 0.347. The van der Waals surface area contributed by atoms with Gasteiger partial charge in [-0.05, 0) is 44.6 Å². The van der Waals surface area contributed by atoms with Crippen LogP contribution < -0.4 is 5.32 Å². The zero-order valence-electron chi connectivity index (χ0n) is 10.1. The second-order valence-electron chi connectivity index (χ2n) is 4.76. The molecule has 2 heterocycles. The minimum atomic E-state index is 0.347. The first kappa shape index (κ1) is 11.9.